The molecule has 2 unspecified atom stereocenters. The van der Waals surface area contributed by atoms with E-state index in [0.29, 0.717) is 5.56 Å². The minimum atomic E-state index is -1.24. The molecule has 2 atom stereocenters. The lowest BCUT2D eigenvalue weighted by Crippen LogP contribution is -2.22. The highest BCUT2D eigenvalue weighted by molar-refractivity contribution is 5.86. The van der Waals surface area contributed by atoms with E-state index in [0.717, 1.165) is 5.56 Å². The van der Waals surface area contributed by atoms with E-state index in [9.17, 15) is 19.8 Å². The molecule has 0 spiro atoms. The molecule has 114 valence electrons. The van der Waals surface area contributed by atoms with Gasteiger partial charge in [0, 0.05) is 6.08 Å². The van der Waals surface area contributed by atoms with E-state index >= 15 is 0 Å². The third-order valence-electron chi connectivity index (χ3n) is 2.86. The summed E-state index contributed by atoms with van der Waals surface area (Å²) in [7, 11) is 2.50. The molecule has 0 radical (unpaired) electrons. The lowest BCUT2D eigenvalue weighted by Gasteiger charge is -2.17. The smallest absolute Gasteiger partial charge is 0.330 e. The molecule has 0 aliphatic carbocycles. The maximum absolute atomic E-state index is 11.0. The maximum Gasteiger partial charge on any atom is 0.330 e. The van der Waals surface area contributed by atoms with E-state index in [-0.39, 0.29) is 6.42 Å². The summed E-state index contributed by atoms with van der Waals surface area (Å²) in [5.41, 5.74) is 1.19. The van der Waals surface area contributed by atoms with E-state index in [1.807, 2.05) is 0 Å². The number of esters is 2. The summed E-state index contributed by atoms with van der Waals surface area (Å²) in [6.07, 6.45) is 0.114. The Labute approximate surface area is 122 Å². The van der Waals surface area contributed by atoms with Gasteiger partial charge in [-0.05, 0) is 17.2 Å². The van der Waals surface area contributed by atoms with Gasteiger partial charge in [0.25, 0.3) is 0 Å². The van der Waals surface area contributed by atoms with Crippen molar-refractivity contribution >= 4 is 18.0 Å². The SMILES string of the molecule is COC(=O)/C=C/c1ccc(C(O)C(O)CC(=O)OC)cc1. The van der Waals surface area contributed by atoms with Gasteiger partial charge in [-0.3, -0.25) is 4.79 Å². The van der Waals surface area contributed by atoms with Crippen LogP contribution in [0.1, 0.15) is 23.7 Å². The van der Waals surface area contributed by atoms with Crippen LogP contribution in [0.5, 0.6) is 0 Å². The van der Waals surface area contributed by atoms with Crippen molar-refractivity contribution in [1.82, 2.24) is 0 Å². The Morgan fingerprint density at radius 2 is 1.76 bits per heavy atom. The predicted octanol–water partition coefficient (Wildman–Crippen LogP) is 0.830. The van der Waals surface area contributed by atoms with E-state index in [1.165, 1.54) is 20.3 Å². The normalized spacial score (nSPS) is 13.7. The Morgan fingerprint density at radius 3 is 2.29 bits per heavy atom. The first kappa shape index (κ1) is 16.9. The van der Waals surface area contributed by atoms with Crippen LogP contribution in [0.2, 0.25) is 0 Å². The molecular weight excluding hydrogens is 276 g/mol. The highest BCUT2D eigenvalue weighted by atomic mass is 16.5. The number of ether oxygens (including phenoxy) is 2. The number of rotatable bonds is 6. The van der Waals surface area contributed by atoms with E-state index in [1.54, 1.807) is 30.3 Å². The van der Waals surface area contributed by atoms with Crippen molar-refractivity contribution in [2.75, 3.05) is 14.2 Å². The Kier molecular flexibility index (Phi) is 6.58. The second-order valence-corrected chi connectivity index (χ2v) is 4.32. The molecule has 0 aromatic heterocycles. The minimum absolute atomic E-state index is 0.290. The standard InChI is InChI=1S/C15H18O6/c1-20-13(17)8-5-10-3-6-11(7-4-10)15(19)12(16)9-14(18)21-2/h3-8,12,15-16,19H,9H2,1-2H3/b8-5+. The van der Waals surface area contributed by atoms with Gasteiger partial charge >= 0.3 is 11.9 Å². The maximum atomic E-state index is 11.0. The van der Waals surface area contributed by atoms with Crippen molar-refractivity contribution in [2.24, 2.45) is 0 Å². The summed E-state index contributed by atoms with van der Waals surface area (Å²) in [4.78, 5) is 22.0. The largest absolute Gasteiger partial charge is 0.469 e. The number of carbonyl (C=O) groups excluding carboxylic acids is 2. The third-order valence-corrected chi connectivity index (χ3v) is 2.86. The molecule has 0 fully saturated rings. The summed E-state index contributed by atoms with van der Waals surface area (Å²) in [6, 6.07) is 6.54. The summed E-state index contributed by atoms with van der Waals surface area (Å²) in [5, 5.41) is 19.7. The third kappa shape index (κ3) is 5.37. The monoisotopic (exact) mass is 294 g/mol. The molecule has 0 aliphatic heterocycles. The molecule has 0 aliphatic rings. The number of carbonyl (C=O) groups is 2. The summed E-state index contributed by atoms with van der Waals surface area (Å²) in [5.74, 6) is -1.06. The van der Waals surface area contributed by atoms with Crippen molar-refractivity contribution < 1.29 is 29.3 Å². The highest BCUT2D eigenvalue weighted by Crippen LogP contribution is 2.20. The lowest BCUT2D eigenvalue weighted by atomic mass is 10.0. The molecule has 1 aromatic carbocycles. The molecule has 0 saturated heterocycles. The second kappa shape index (κ2) is 8.18. The van der Waals surface area contributed by atoms with Crippen molar-refractivity contribution in [1.29, 1.82) is 0 Å². The Balaban J connectivity index is 2.70. The Morgan fingerprint density at radius 1 is 1.14 bits per heavy atom. The van der Waals surface area contributed by atoms with E-state index < -0.39 is 24.1 Å². The van der Waals surface area contributed by atoms with Crippen LogP contribution >= 0.6 is 0 Å². The van der Waals surface area contributed by atoms with Crippen LogP contribution in [0.3, 0.4) is 0 Å². The van der Waals surface area contributed by atoms with Gasteiger partial charge in [-0.15, -0.1) is 0 Å². The molecule has 6 nitrogen and oxygen atoms in total. The molecule has 21 heavy (non-hydrogen) atoms. The zero-order valence-corrected chi connectivity index (χ0v) is 11.9. The number of hydrogen-bond donors (Lipinski definition) is 2. The van der Waals surface area contributed by atoms with Crippen molar-refractivity contribution in [3.8, 4) is 0 Å². The fourth-order valence-electron chi connectivity index (χ4n) is 1.62. The number of aliphatic hydroxyl groups is 2. The molecule has 0 bridgehead atoms. The van der Waals surface area contributed by atoms with Gasteiger partial charge in [0.1, 0.15) is 6.10 Å². The number of methoxy groups -OCH3 is 2. The van der Waals surface area contributed by atoms with Crippen molar-refractivity contribution in [3.63, 3.8) is 0 Å². The molecule has 6 heteroatoms. The summed E-state index contributed by atoms with van der Waals surface area (Å²) in [6.45, 7) is 0. The summed E-state index contributed by atoms with van der Waals surface area (Å²) < 4.78 is 8.90. The number of benzene rings is 1. The Hall–Kier alpha value is -2.18. The van der Waals surface area contributed by atoms with Crippen LogP contribution in [-0.2, 0) is 19.1 Å². The van der Waals surface area contributed by atoms with Gasteiger partial charge in [-0.1, -0.05) is 24.3 Å². The molecule has 0 heterocycles. The predicted molar refractivity (Wildman–Crippen MR) is 75.1 cm³/mol. The van der Waals surface area contributed by atoms with Crippen molar-refractivity contribution in [3.05, 3.63) is 41.5 Å². The first-order valence-electron chi connectivity index (χ1n) is 6.27. The second-order valence-electron chi connectivity index (χ2n) is 4.32. The zero-order chi connectivity index (χ0) is 15.8. The molecular formula is C15H18O6. The van der Waals surface area contributed by atoms with Gasteiger partial charge < -0.3 is 19.7 Å². The van der Waals surface area contributed by atoms with Gasteiger partial charge in [-0.25, -0.2) is 4.79 Å². The van der Waals surface area contributed by atoms with Gasteiger partial charge in [0.15, 0.2) is 0 Å². The fourth-order valence-corrected chi connectivity index (χ4v) is 1.62. The van der Waals surface area contributed by atoms with Crippen LogP contribution in [-0.4, -0.2) is 42.5 Å². The summed E-state index contributed by atoms with van der Waals surface area (Å²) >= 11 is 0. The van der Waals surface area contributed by atoms with Gasteiger partial charge in [0.05, 0.1) is 26.7 Å². The first-order chi connectivity index (χ1) is 9.97. The average molecular weight is 294 g/mol. The Bertz CT molecular complexity index is 505. The molecule has 0 saturated carbocycles. The van der Waals surface area contributed by atoms with Crippen LogP contribution in [0.15, 0.2) is 30.3 Å². The van der Waals surface area contributed by atoms with E-state index in [4.69, 9.17) is 0 Å². The number of hydrogen-bond acceptors (Lipinski definition) is 6. The zero-order valence-electron chi connectivity index (χ0n) is 11.9. The quantitative estimate of drug-likeness (QED) is 0.596. The fraction of sp³-hybridized carbons (Fsp3) is 0.333. The molecule has 0 amide bonds. The van der Waals surface area contributed by atoms with Crippen LogP contribution in [0.25, 0.3) is 6.08 Å². The topological polar surface area (TPSA) is 93.1 Å². The molecule has 1 rings (SSSR count). The van der Waals surface area contributed by atoms with Gasteiger partial charge in [0.2, 0.25) is 0 Å². The van der Waals surface area contributed by atoms with Crippen LogP contribution < -0.4 is 0 Å². The lowest BCUT2D eigenvalue weighted by molar-refractivity contribution is -0.144. The minimum Gasteiger partial charge on any atom is -0.469 e. The van der Waals surface area contributed by atoms with Gasteiger partial charge in [-0.2, -0.15) is 0 Å². The van der Waals surface area contributed by atoms with Crippen LogP contribution in [0, 0.1) is 0 Å². The van der Waals surface area contributed by atoms with Crippen molar-refractivity contribution in [2.45, 2.75) is 18.6 Å². The average Bonchev–Trinajstić information content (AvgIpc) is 2.51. The first-order valence-corrected chi connectivity index (χ1v) is 6.27. The van der Waals surface area contributed by atoms with Crippen LogP contribution in [0.4, 0.5) is 0 Å². The number of aliphatic hydroxyl groups excluding tert-OH is 2. The van der Waals surface area contributed by atoms with E-state index in [2.05, 4.69) is 9.47 Å². The molecule has 2 N–H and O–H groups in total. The highest BCUT2D eigenvalue weighted by Gasteiger charge is 2.21. The molecule has 1 aromatic rings.